The summed E-state index contributed by atoms with van der Waals surface area (Å²) in [6, 6.07) is 9.62. The molecule has 5 nitrogen and oxygen atoms in total. The third kappa shape index (κ3) is 5.83. The number of carbonyl (C=O) groups is 1. The van der Waals surface area contributed by atoms with E-state index in [9.17, 15) is 9.90 Å². The van der Waals surface area contributed by atoms with Gasteiger partial charge in [0.15, 0.2) is 6.61 Å². The van der Waals surface area contributed by atoms with Crippen molar-refractivity contribution in [3.05, 3.63) is 54.2 Å². The number of benzene rings is 2. The number of hydrazone groups is 1. The molecular formula is C19H20I2N2O3. The number of halogens is 2. The van der Waals surface area contributed by atoms with Crippen molar-refractivity contribution < 1.29 is 14.6 Å². The Balaban J connectivity index is 1.97. The summed E-state index contributed by atoms with van der Waals surface area (Å²) in [5, 5.41) is 13.9. The number of rotatable bonds is 6. The van der Waals surface area contributed by atoms with Crippen LogP contribution in [0.4, 0.5) is 0 Å². The van der Waals surface area contributed by atoms with Crippen LogP contribution in [0.2, 0.25) is 0 Å². The lowest BCUT2D eigenvalue weighted by Gasteiger charge is -2.14. The molecule has 0 atom stereocenters. The number of hydrogen-bond acceptors (Lipinski definition) is 4. The van der Waals surface area contributed by atoms with E-state index in [1.807, 2.05) is 53.8 Å². The van der Waals surface area contributed by atoms with Crippen LogP contribution in [0, 0.1) is 14.1 Å². The van der Waals surface area contributed by atoms with E-state index < -0.39 is 0 Å². The normalized spacial score (nSPS) is 11.2. The highest BCUT2D eigenvalue weighted by molar-refractivity contribution is 14.1. The maximum absolute atomic E-state index is 12.0. The van der Waals surface area contributed by atoms with Crippen molar-refractivity contribution in [3.8, 4) is 11.5 Å². The molecule has 0 saturated heterocycles. The second kappa shape index (κ2) is 9.54. The fourth-order valence-corrected chi connectivity index (χ4v) is 4.17. The highest BCUT2D eigenvalue weighted by Gasteiger charge is 2.10. The molecule has 0 aromatic heterocycles. The maximum atomic E-state index is 12.0. The summed E-state index contributed by atoms with van der Waals surface area (Å²) in [5.74, 6) is 0.792. The van der Waals surface area contributed by atoms with Gasteiger partial charge in [0.1, 0.15) is 11.5 Å². The summed E-state index contributed by atoms with van der Waals surface area (Å²) >= 11 is 4.21. The number of carbonyl (C=O) groups excluding carboxylic acids is 1. The van der Waals surface area contributed by atoms with Crippen molar-refractivity contribution in [2.24, 2.45) is 5.10 Å². The number of ether oxygens (including phenoxy) is 1. The first-order valence-electron chi connectivity index (χ1n) is 8.01. The van der Waals surface area contributed by atoms with Crippen molar-refractivity contribution in [2.45, 2.75) is 26.7 Å². The largest absolute Gasteiger partial charge is 0.506 e. The fraction of sp³-hybridized carbons (Fsp3) is 0.263. The molecule has 1 amide bonds. The van der Waals surface area contributed by atoms with E-state index in [1.54, 1.807) is 6.07 Å². The third-order valence-electron chi connectivity index (χ3n) is 3.60. The van der Waals surface area contributed by atoms with E-state index in [4.69, 9.17) is 4.74 Å². The number of aryl methyl sites for hydroxylation is 1. The van der Waals surface area contributed by atoms with Gasteiger partial charge in [-0.15, -0.1) is 0 Å². The van der Waals surface area contributed by atoms with Gasteiger partial charge < -0.3 is 9.84 Å². The molecular weight excluding hydrogens is 558 g/mol. The van der Waals surface area contributed by atoms with Crippen molar-refractivity contribution in [3.63, 3.8) is 0 Å². The monoisotopic (exact) mass is 578 g/mol. The lowest BCUT2D eigenvalue weighted by atomic mass is 10.0. The molecule has 0 unspecified atom stereocenters. The maximum Gasteiger partial charge on any atom is 0.277 e. The SMILES string of the molecule is Cc1ccc(C(C)C)c(OCC(=O)N/N=C/c2cc(I)cc(I)c2O)c1. The number of phenols is 1. The zero-order chi connectivity index (χ0) is 19.3. The van der Waals surface area contributed by atoms with Crippen LogP contribution in [0.25, 0.3) is 0 Å². The van der Waals surface area contributed by atoms with Gasteiger partial charge >= 0.3 is 0 Å². The van der Waals surface area contributed by atoms with Crippen LogP contribution < -0.4 is 10.2 Å². The molecule has 0 aliphatic heterocycles. The summed E-state index contributed by atoms with van der Waals surface area (Å²) < 4.78 is 7.37. The molecule has 0 radical (unpaired) electrons. The predicted octanol–water partition coefficient (Wildman–Crippen LogP) is 4.56. The summed E-state index contributed by atoms with van der Waals surface area (Å²) in [6.45, 7) is 6.01. The molecule has 0 bridgehead atoms. The van der Waals surface area contributed by atoms with Gasteiger partial charge in [0.05, 0.1) is 9.78 Å². The molecule has 2 N–H and O–H groups in total. The van der Waals surface area contributed by atoms with Crippen LogP contribution in [0.5, 0.6) is 11.5 Å². The molecule has 0 spiro atoms. The number of amides is 1. The first kappa shape index (κ1) is 20.9. The van der Waals surface area contributed by atoms with Gasteiger partial charge in [-0.2, -0.15) is 5.10 Å². The Morgan fingerprint density at radius 1 is 1.31 bits per heavy atom. The van der Waals surface area contributed by atoms with Gasteiger partial charge in [0.2, 0.25) is 0 Å². The average molecular weight is 578 g/mol. The first-order chi connectivity index (χ1) is 12.3. The minimum atomic E-state index is -0.364. The Hall–Kier alpha value is -1.36. The lowest BCUT2D eigenvalue weighted by Crippen LogP contribution is -2.25. The van der Waals surface area contributed by atoms with Crippen molar-refractivity contribution >= 4 is 57.3 Å². The molecule has 7 heteroatoms. The van der Waals surface area contributed by atoms with Crippen LogP contribution in [0.3, 0.4) is 0 Å². The first-order valence-corrected chi connectivity index (χ1v) is 10.2. The van der Waals surface area contributed by atoms with E-state index in [1.165, 1.54) is 6.21 Å². The van der Waals surface area contributed by atoms with Crippen LogP contribution in [0.1, 0.15) is 36.5 Å². The zero-order valence-electron chi connectivity index (χ0n) is 14.7. The second-order valence-corrected chi connectivity index (χ2v) is 8.51. The van der Waals surface area contributed by atoms with Gasteiger partial charge in [-0.25, -0.2) is 5.43 Å². The van der Waals surface area contributed by atoms with Crippen LogP contribution >= 0.6 is 45.2 Å². The molecule has 2 rings (SSSR count). The second-order valence-electron chi connectivity index (χ2n) is 6.10. The van der Waals surface area contributed by atoms with E-state index >= 15 is 0 Å². The highest BCUT2D eigenvalue weighted by Crippen LogP contribution is 2.27. The third-order valence-corrected chi connectivity index (χ3v) is 5.05. The topological polar surface area (TPSA) is 70.9 Å². The van der Waals surface area contributed by atoms with E-state index in [2.05, 4.69) is 47.0 Å². The molecule has 0 aliphatic carbocycles. The summed E-state index contributed by atoms with van der Waals surface area (Å²) in [6.07, 6.45) is 1.42. The Morgan fingerprint density at radius 2 is 2.04 bits per heavy atom. The number of aromatic hydroxyl groups is 1. The number of hydrogen-bond donors (Lipinski definition) is 2. The van der Waals surface area contributed by atoms with Gasteiger partial charge in [-0.3, -0.25) is 4.79 Å². The smallest absolute Gasteiger partial charge is 0.277 e. The molecule has 0 heterocycles. The Labute approximate surface area is 180 Å². The summed E-state index contributed by atoms with van der Waals surface area (Å²) in [7, 11) is 0. The molecule has 0 fully saturated rings. The van der Waals surface area contributed by atoms with Crippen LogP contribution in [0.15, 0.2) is 35.4 Å². The van der Waals surface area contributed by atoms with Gasteiger partial charge in [-0.05, 0) is 87.3 Å². The summed E-state index contributed by atoms with van der Waals surface area (Å²) in [4.78, 5) is 12.0. The minimum absolute atomic E-state index is 0.129. The molecule has 138 valence electrons. The number of phenolic OH excluding ortho intramolecular Hbond substituents is 1. The number of nitrogens with one attached hydrogen (secondary N) is 1. The van der Waals surface area contributed by atoms with E-state index in [-0.39, 0.29) is 18.3 Å². The standard InChI is InChI=1S/C19H20I2N2O3/c1-11(2)15-5-4-12(3)6-17(15)26-10-18(24)23-22-9-13-7-14(20)8-16(21)19(13)25/h4-9,11,25H,10H2,1-3H3,(H,23,24)/b22-9+. The molecule has 2 aromatic rings. The van der Waals surface area contributed by atoms with Crippen molar-refractivity contribution in [1.82, 2.24) is 5.43 Å². The van der Waals surface area contributed by atoms with Crippen molar-refractivity contribution in [1.29, 1.82) is 0 Å². The molecule has 0 saturated carbocycles. The van der Waals surface area contributed by atoms with Crippen LogP contribution in [-0.4, -0.2) is 23.8 Å². The highest BCUT2D eigenvalue weighted by atomic mass is 127. The van der Waals surface area contributed by atoms with Gasteiger partial charge in [0, 0.05) is 9.13 Å². The van der Waals surface area contributed by atoms with E-state index in [0.29, 0.717) is 17.2 Å². The fourth-order valence-electron chi connectivity index (χ4n) is 2.28. The van der Waals surface area contributed by atoms with Crippen molar-refractivity contribution in [2.75, 3.05) is 6.61 Å². The average Bonchev–Trinajstić information content (AvgIpc) is 2.57. The molecule has 26 heavy (non-hydrogen) atoms. The summed E-state index contributed by atoms with van der Waals surface area (Å²) in [5.41, 5.74) is 5.10. The van der Waals surface area contributed by atoms with Gasteiger partial charge in [-0.1, -0.05) is 26.0 Å². The van der Waals surface area contributed by atoms with Gasteiger partial charge in [0.25, 0.3) is 5.91 Å². The Bertz CT molecular complexity index is 836. The predicted molar refractivity (Wildman–Crippen MR) is 120 cm³/mol. The minimum Gasteiger partial charge on any atom is -0.506 e. The Morgan fingerprint density at radius 3 is 2.73 bits per heavy atom. The zero-order valence-corrected chi connectivity index (χ0v) is 19.0. The quantitative estimate of drug-likeness (QED) is 0.300. The Kier molecular flexibility index (Phi) is 7.69. The van der Waals surface area contributed by atoms with Crippen LogP contribution in [-0.2, 0) is 4.79 Å². The molecule has 0 aliphatic rings. The number of nitrogens with zero attached hydrogens (tertiary/aromatic N) is 1. The molecule has 2 aromatic carbocycles. The van der Waals surface area contributed by atoms with E-state index in [0.717, 1.165) is 18.3 Å². The lowest BCUT2D eigenvalue weighted by molar-refractivity contribution is -0.123.